The Morgan fingerprint density at radius 1 is 0.531 bits per heavy atom. The number of hydrogen-bond donors (Lipinski definition) is 1. The van der Waals surface area contributed by atoms with Crippen LogP contribution in [0.3, 0.4) is 0 Å². The van der Waals surface area contributed by atoms with E-state index in [1.54, 1.807) is 0 Å². The van der Waals surface area contributed by atoms with Crippen LogP contribution in [0.1, 0.15) is 71.1 Å². The molecule has 0 radical (unpaired) electrons. The van der Waals surface area contributed by atoms with E-state index in [0.29, 0.717) is 12.8 Å². The molecule has 1 unspecified atom stereocenters. The number of aliphatic hydroxyl groups is 1. The van der Waals surface area contributed by atoms with Gasteiger partial charge >= 0.3 is 35.8 Å². The molecule has 1 N–H and O–H groups in total. The quantitative estimate of drug-likeness (QED) is 0.177. The van der Waals surface area contributed by atoms with Gasteiger partial charge < -0.3 is 5.11 Å². The van der Waals surface area contributed by atoms with Crippen molar-refractivity contribution < 1.29 is 62.2 Å². The average Bonchev–Trinajstić information content (AvgIpc) is 2.61. The second-order valence-electron chi connectivity index (χ2n) is 7.62. The number of unbranched alkanes of at least 4 members (excludes halogenated alkanes) is 7. The lowest BCUT2D eigenvalue weighted by Crippen LogP contribution is -2.70. The van der Waals surface area contributed by atoms with Gasteiger partial charge in [0.15, 0.2) is 0 Å². The molecule has 0 saturated heterocycles. The van der Waals surface area contributed by atoms with E-state index in [4.69, 9.17) is 0 Å². The van der Waals surface area contributed by atoms with E-state index < -0.39 is 54.7 Å². The Kier molecular flexibility index (Phi) is 10.7. The second-order valence-corrected chi connectivity index (χ2v) is 7.62. The van der Waals surface area contributed by atoms with Crippen LogP contribution in [0.5, 0.6) is 0 Å². The highest BCUT2D eigenvalue weighted by Gasteiger charge is 2.90. The molecule has 0 aliphatic carbocycles. The summed E-state index contributed by atoms with van der Waals surface area (Å²) in [4.78, 5) is 0. The summed E-state index contributed by atoms with van der Waals surface area (Å²) < 4.78 is 169. The van der Waals surface area contributed by atoms with Crippen LogP contribution < -0.4 is 0 Å². The first-order valence-electron chi connectivity index (χ1n) is 9.84. The third-order valence-electron chi connectivity index (χ3n) is 4.88. The Labute approximate surface area is 176 Å². The van der Waals surface area contributed by atoms with Crippen molar-refractivity contribution in [3.63, 3.8) is 0 Å². The molecule has 32 heavy (non-hydrogen) atoms. The summed E-state index contributed by atoms with van der Waals surface area (Å²) in [5, 5.41) is 9.40. The van der Waals surface area contributed by atoms with Gasteiger partial charge in [-0.1, -0.05) is 58.3 Å². The predicted octanol–water partition coefficient (Wildman–Crippen LogP) is 8.01. The Balaban J connectivity index is 5.15. The molecule has 0 amide bonds. The SMILES string of the molecule is CCCCCCCCCCC(O)CC(F)(F)C(F)(F)C(F)(F)C(F)(F)C(F)(F)C(F)(F)F. The third kappa shape index (κ3) is 6.55. The van der Waals surface area contributed by atoms with Gasteiger partial charge in [-0.3, -0.25) is 0 Å². The molecule has 14 heteroatoms. The van der Waals surface area contributed by atoms with Gasteiger partial charge in [-0.15, -0.1) is 0 Å². The van der Waals surface area contributed by atoms with Gasteiger partial charge in [-0.2, -0.15) is 57.1 Å². The van der Waals surface area contributed by atoms with Gasteiger partial charge in [0.1, 0.15) is 0 Å². The minimum atomic E-state index is -7.91. The van der Waals surface area contributed by atoms with Crippen molar-refractivity contribution in [3.05, 3.63) is 0 Å². The summed E-state index contributed by atoms with van der Waals surface area (Å²) in [5.41, 5.74) is 0. The molecule has 0 aromatic carbocycles. The van der Waals surface area contributed by atoms with E-state index in [-0.39, 0.29) is 6.42 Å². The van der Waals surface area contributed by atoms with Gasteiger partial charge in [0.05, 0.1) is 6.10 Å². The van der Waals surface area contributed by atoms with Crippen molar-refractivity contribution in [2.24, 2.45) is 0 Å². The van der Waals surface area contributed by atoms with Crippen molar-refractivity contribution in [3.8, 4) is 0 Å². The minimum Gasteiger partial charge on any atom is -0.393 e. The van der Waals surface area contributed by atoms with Crippen LogP contribution in [0, 0.1) is 0 Å². The molecule has 1 nitrogen and oxygen atoms in total. The summed E-state index contributed by atoms with van der Waals surface area (Å²) in [6.07, 6.45) is -7.54. The van der Waals surface area contributed by atoms with Crippen LogP contribution in [-0.2, 0) is 0 Å². The maximum Gasteiger partial charge on any atom is 0.460 e. The maximum atomic E-state index is 13.7. The van der Waals surface area contributed by atoms with Gasteiger partial charge in [0.25, 0.3) is 0 Å². The first-order chi connectivity index (χ1) is 14.2. The molecule has 1 atom stereocenters. The highest BCUT2D eigenvalue weighted by Crippen LogP contribution is 2.60. The Morgan fingerprint density at radius 3 is 1.31 bits per heavy atom. The summed E-state index contributed by atoms with van der Waals surface area (Å²) in [6.45, 7) is 1.99. The molecule has 0 spiro atoms. The van der Waals surface area contributed by atoms with E-state index in [2.05, 4.69) is 0 Å². The van der Waals surface area contributed by atoms with Gasteiger partial charge in [-0.25, -0.2) is 0 Å². The molecule has 0 heterocycles. The Morgan fingerprint density at radius 2 is 0.906 bits per heavy atom. The molecule has 0 aromatic rings. The highest BCUT2D eigenvalue weighted by molar-refractivity contribution is 5.10. The monoisotopic (exact) mass is 504 g/mol. The lowest BCUT2D eigenvalue weighted by Gasteiger charge is -2.40. The van der Waals surface area contributed by atoms with Crippen LogP contribution in [0.25, 0.3) is 0 Å². The zero-order valence-corrected chi connectivity index (χ0v) is 17.0. The Hall–Kier alpha value is -0.950. The topological polar surface area (TPSA) is 20.2 Å². The van der Waals surface area contributed by atoms with Crippen molar-refractivity contribution in [1.82, 2.24) is 0 Å². The molecular weight excluding hydrogens is 479 g/mol. The summed E-state index contributed by atoms with van der Waals surface area (Å²) in [5.74, 6) is -37.0. The van der Waals surface area contributed by atoms with Crippen LogP contribution in [-0.4, -0.2) is 47.0 Å². The van der Waals surface area contributed by atoms with Gasteiger partial charge in [-0.05, 0) is 6.42 Å². The van der Waals surface area contributed by atoms with Crippen LogP contribution in [0.15, 0.2) is 0 Å². The first-order valence-corrected chi connectivity index (χ1v) is 9.84. The fourth-order valence-corrected chi connectivity index (χ4v) is 2.84. The minimum absolute atomic E-state index is 0.0186. The third-order valence-corrected chi connectivity index (χ3v) is 4.88. The molecule has 194 valence electrons. The van der Waals surface area contributed by atoms with Crippen molar-refractivity contribution in [2.75, 3.05) is 0 Å². The van der Waals surface area contributed by atoms with Crippen molar-refractivity contribution in [1.29, 1.82) is 0 Å². The molecule has 0 bridgehead atoms. The first kappa shape index (κ1) is 31.0. The molecule has 0 aliphatic rings. The number of alkyl halides is 13. The van der Waals surface area contributed by atoms with E-state index in [1.807, 2.05) is 6.92 Å². The lowest BCUT2D eigenvalue weighted by molar-refractivity contribution is -0.440. The largest absolute Gasteiger partial charge is 0.460 e. The number of halogens is 13. The molecule has 0 fully saturated rings. The zero-order valence-electron chi connectivity index (χ0n) is 17.0. The number of hydrogen-bond acceptors (Lipinski definition) is 1. The highest BCUT2D eigenvalue weighted by atomic mass is 19.4. The lowest BCUT2D eigenvalue weighted by atomic mass is 9.90. The zero-order chi connectivity index (χ0) is 25.6. The standard InChI is InChI=1S/C18H25F13O/c1-2-3-4-5-6-7-8-9-10-12(32)11-13(19,20)14(21,22)15(23,24)16(25,26)17(27,28)18(29,30)31/h12,32H,2-11H2,1H3. The van der Waals surface area contributed by atoms with Crippen molar-refractivity contribution in [2.45, 2.75) is 113 Å². The number of rotatable bonds is 15. The Bertz CT molecular complexity index is 558. The average molecular weight is 504 g/mol. The second kappa shape index (κ2) is 11.0. The van der Waals surface area contributed by atoms with Gasteiger partial charge in [0.2, 0.25) is 0 Å². The molecule has 0 rings (SSSR count). The van der Waals surface area contributed by atoms with E-state index in [0.717, 1.165) is 32.1 Å². The number of aliphatic hydroxyl groups excluding tert-OH is 1. The normalized spacial score (nSPS) is 15.8. The van der Waals surface area contributed by atoms with Crippen LogP contribution >= 0.6 is 0 Å². The molecular formula is C18H25F13O. The van der Waals surface area contributed by atoms with E-state index in [1.165, 1.54) is 0 Å². The maximum absolute atomic E-state index is 13.7. The fourth-order valence-electron chi connectivity index (χ4n) is 2.84. The fraction of sp³-hybridized carbons (Fsp3) is 1.00. The molecule has 0 aliphatic heterocycles. The van der Waals surface area contributed by atoms with Crippen molar-refractivity contribution >= 4 is 0 Å². The smallest absolute Gasteiger partial charge is 0.393 e. The van der Waals surface area contributed by atoms with Gasteiger partial charge in [0, 0.05) is 6.42 Å². The molecule has 0 aromatic heterocycles. The van der Waals surface area contributed by atoms with Crippen LogP contribution in [0.2, 0.25) is 0 Å². The predicted molar refractivity (Wildman–Crippen MR) is 88.6 cm³/mol. The van der Waals surface area contributed by atoms with E-state index >= 15 is 0 Å². The summed E-state index contributed by atoms with van der Waals surface area (Å²) in [7, 11) is 0. The summed E-state index contributed by atoms with van der Waals surface area (Å²) >= 11 is 0. The van der Waals surface area contributed by atoms with E-state index in [9.17, 15) is 62.2 Å². The summed E-state index contributed by atoms with van der Waals surface area (Å²) in [6, 6.07) is 0. The van der Waals surface area contributed by atoms with Crippen LogP contribution in [0.4, 0.5) is 57.1 Å². The molecule has 0 saturated carbocycles.